The molecule has 2 fully saturated rings. The number of benzene rings is 1. The van der Waals surface area contributed by atoms with Crippen LogP contribution in [0.15, 0.2) is 18.2 Å². The summed E-state index contributed by atoms with van der Waals surface area (Å²) in [5.41, 5.74) is -0.381. The molecule has 2 aliphatic rings. The Bertz CT molecular complexity index is 965. The fourth-order valence-electron chi connectivity index (χ4n) is 4.44. The van der Waals surface area contributed by atoms with Crippen molar-refractivity contribution in [1.82, 2.24) is 9.80 Å². The van der Waals surface area contributed by atoms with Crippen molar-refractivity contribution in [3.05, 3.63) is 29.3 Å². The maximum absolute atomic E-state index is 12.3. The molecule has 0 saturated carbocycles. The number of hydrogen-bond acceptors (Lipinski definition) is 8. The van der Waals surface area contributed by atoms with E-state index in [2.05, 4.69) is 16.1 Å². The zero-order valence-electron chi connectivity index (χ0n) is 21.8. The zero-order chi connectivity index (χ0) is 26.5. The number of nitrogens with zero attached hydrogens (tertiary/aromatic N) is 2. The number of likely N-dealkylation sites (N-methyl/N-ethyl adjacent to an activating group) is 1. The Morgan fingerprint density at radius 1 is 1.11 bits per heavy atom. The lowest BCUT2D eigenvalue weighted by Crippen LogP contribution is -2.44. The fraction of sp³-hybridized carbons (Fsp3) is 0.615. The van der Waals surface area contributed by atoms with Gasteiger partial charge in [-0.05, 0) is 65.3 Å². The Labute approximate surface area is 212 Å². The Morgan fingerprint density at radius 2 is 1.81 bits per heavy atom. The largest absolute Gasteiger partial charge is 0.613 e. The Balaban J connectivity index is 1.49. The van der Waals surface area contributed by atoms with E-state index in [0.717, 1.165) is 25.8 Å². The molecule has 1 aromatic carbocycles. The van der Waals surface area contributed by atoms with Crippen molar-refractivity contribution >= 4 is 24.8 Å². The lowest BCUT2D eigenvalue weighted by Gasteiger charge is -2.34. The molecule has 10 nitrogen and oxygen atoms in total. The molecular weight excluding hydrogens is 468 g/mol. The summed E-state index contributed by atoms with van der Waals surface area (Å²) in [7, 11) is 3.26. The lowest BCUT2D eigenvalue weighted by molar-refractivity contribution is -0.334. The van der Waals surface area contributed by atoms with E-state index in [1.54, 1.807) is 11.0 Å². The van der Waals surface area contributed by atoms with E-state index in [1.165, 1.54) is 19.2 Å². The average molecular weight is 506 g/mol. The third-order valence-corrected chi connectivity index (χ3v) is 6.32. The molecule has 2 saturated heterocycles. The van der Waals surface area contributed by atoms with Gasteiger partial charge in [-0.15, -0.1) is 0 Å². The highest BCUT2D eigenvalue weighted by atomic mass is 16.6. The van der Waals surface area contributed by atoms with Gasteiger partial charge in [0, 0.05) is 25.7 Å². The number of carbonyl (C=O) groups is 3. The van der Waals surface area contributed by atoms with Crippen LogP contribution in [-0.4, -0.2) is 98.9 Å². The van der Waals surface area contributed by atoms with Crippen LogP contribution < -0.4 is 4.74 Å². The number of esters is 1. The number of piperidine rings is 1. The van der Waals surface area contributed by atoms with Gasteiger partial charge in [0.1, 0.15) is 23.5 Å². The molecule has 1 amide bonds. The van der Waals surface area contributed by atoms with Crippen LogP contribution in [0.2, 0.25) is 0 Å². The molecule has 2 aliphatic heterocycles. The second-order valence-electron chi connectivity index (χ2n) is 10.2. The van der Waals surface area contributed by atoms with Gasteiger partial charge in [-0.1, -0.05) is 0 Å². The molecule has 2 heterocycles. The quantitative estimate of drug-likeness (QED) is 0.411. The molecule has 0 radical (unpaired) electrons. The van der Waals surface area contributed by atoms with Crippen molar-refractivity contribution in [2.75, 3.05) is 40.4 Å². The molecule has 3 rings (SSSR count). The molecule has 0 aromatic heterocycles. The minimum absolute atomic E-state index is 0.0577. The molecular formula is C26H37N2O8+. The predicted molar refractivity (Wildman–Crippen MR) is 131 cm³/mol. The molecule has 0 N–H and O–H groups in total. The summed E-state index contributed by atoms with van der Waals surface area (Å²) in [4.78, 5) is 40.2. The highest BCUT2D eigenvalue weighted by Crippen LogP contribution is 2.26. The highest BCUT2D eigenvalue weighted by Gasteiger charge is 2.34. The minimum Gasteiger partial charge on any atom is -0.492 e. The number of ether oxygens (including phenoxy) is 4. The van der Waals surface area contributed by atoms with Crippen LogP contribution in [0.5, 0.6) is 5.75 Å². The van der Waals surface area contributed by atoms with Crippen LogP contribution in [0.3, 0.4) is 0 Å². The number of hydrogen-bond donors (Lipinski definition) is 0. The van der Waals surface area contributed by atoms with Gasteiger partial charge in [0.2, 0.25) is 0 Å². The van der Waals surface area contributed by atoms with Crippen LogP contribution in [-0.2, 0) is 18.6 Å². The summed E-state index contributed by atoms with van der Waals surface area (Å²) in [6.07, 6.45) is 2.26. The zero-order valence-corrected chi connectivity index (χ0v) is 21.8. The van der Waals surface area contributed by atoms with Crippen LogP contribution in [0.25, 0.3) is 0 Å². The van der Waals surface area contributed by atoms with Gasteiger partial charge in [-0.25, -0.2) is 9.59 Å². The van der Waals surface area contributed by atoms with Crippen molar-refractivity contribution < 1.29 is 37.8 Å². The monoisotopic (exact) mass is 505 g/mol. The molecule has 36 heavy (non-hydrogen) atoms. The smallest absolute Gasteiger partial charge is 0.492 e. The third-order valence-electron chi connectivity index (χ3n) is 6.32. The van der Waals surface area contributed by atoms with Crippen molar-refractivity contribution in [3.8, 4) is 5.75 Å². The number of carbonyl (C=O) groups excluding carboxylic acids is 4. The predicted octanol–water partition coefficient (Wildman–Crippen LogP) is 2.85. The van der Waals surface area contributed by atoms with Crippen molar-refractivity contribution in [3.63, 3.8) is 0 Å². The second kappa shape index (κ2) is 11.8. The number of rotatable bonds is 7. The van der Waals surface area contributed by atoms with Crippen molar-refractivity contribution in [2.45, 2.75) is 63.9 Å². The average Bonchev–Trinajstić information content (AvgIpc) is 3.19. The molecule has 10 heteroatoms. The highest BCUT2D eigenvalue weighted by molar-refractivity contribution is 6.02. The maximum Gasteiger partial charge on any atom is 0.613 e. The molecule has 198 valence electrons. The van der Waals surface area contributed by atoms with Gasteiger partial charge in [-0.3, -0.25) is 9.32 Å². The van der Waals surface area contributed by atoms with Gasteiger partial charge < -0.3 is 23.8 Å². The van der Waals surface area contributed by atoms with E-state index in [9.17, 15) is 14.4 Å². The lowest BCUT2D eigenvalue weighted by atomic mass is 10.1. The number of methoxy groups -OCH3 is 1. The summed E-state index contributed by atoms with van der Waals surface area (Å²) in [5.74, 6) is -0.942. The first-order chi connectivity index (χ1) is 17.0. The first-order valence-corrected chi connectivity index (χ1v) is 12.2. The first-order valence-electron chi connectivity index (χ1n) is 12.2. The third kappa shape index (κ3) is 7.27. The second-order valence-corrected chi connectivity index (χ2v) is 10.2. The van der Waals surface area contributed by atoms with Crippen LogP contribution in [0.4, 0.5) is 4.79 Å². The van der Waals surface area contributed by atoms with Gasteiger partial charge in [0.25, 0.3) is 0 Å². The van der Waals surface area contributed by atoms with Crippen LogP contribution >= 0.6 is 0 Å². The van der Waals surface area contributed by atoms with E-state index >= 15 is 0 Å². The summed E-state index contributed by atoms with van der Waals surface area (Å²) in [5, 5.41) is 0. The Morgan fingerprint density at radius 3 is 2.42 bits per heavy atom. The molecule has 0 unspecified atom stereocenters. The molecule has 2 atom stereocenters. The van der Waals surface area contributed by atoms with Gasteiger partial charge in [-0.2, -0.15) is 0 Å². The van der Waals surface area contributed by atoms with Crippen molar-refractivity contribution in [1.29, 1.82) is 0 Å². The number of likely N-dealkylation sites (tertiary alicyclic amines) is 2. The first kappa shape index (κ1) is 27.6. The fourth-order valence-corrected chi connectivity index (χ4v) is 4.44. The van der Waals surface area contributed by atoms with Gasteiger partial charge >= 0.3 is 18.0 Å². The normalized spacial score (nSPS) is 21.2. The van der Waals surface area contributed by atoms with E-state index in [4.69, 9.17) is 18.9 Å². The van der Waals surface area contributed by atoms with E-state index in [1.807, 2.05) is 27.8 Å². The summed E-state index contributed by atoms with van der Waals surface area (Å²) in [6.45, 7) is 11.1. The molecule has 0 bridgehead atoms. The molecule has 1 aromatic rings. The van der Waals surface area contributed by atoms with Crippen LogP contribution in [0.1, 0.15) is 60.7 Å². The topological polar surface area (TPSA) is 106 Å². The summed E-state index contributed by atoms with van der Waals surface area (Å²) >= 11 is 0. The number of amides is 1. The summed E-state index contributed by atoms with van der Waals surface area (Å²) in [6, 6.07) is 4.67. The van der Waals surface area contributed by atoms with Crippen LogP contribution in [0, 0.1) is 0 Å². The maximum atomic E-state index is 12.3. The van der Waals surface area contributed by atoms with E-state index in [0.29, 0.717) is 25.4 Å². The van der Waals surface area contributed by atoms with E-state index < -0.39 is 17.5 Å². The Kier molecular flexibility index (Phi) is 9.08. The standard InChI is InChI=1S/C26H37N2O8/c1-26(2,3)36-25(31)28-11-9-18(10-12-28)35-20-13-17(27(4)15-20)16-34-19-7-8-21(23(29)32-5)22(14-19)24(30)33-6/h7-8,14,17-18,20H,5,9-13,15-16H2,1-4,6H3/q+1/t17-,20+/m0/s1. The van der Waals surface area contributed by atoms with E-state index in [-0.39, 0.29) is 35.5 Å². The molecule has 0 spiro atoms. The SMILES string of the molecule is C=[O+]C(=O)c1ccc(OC[C@@H]2C[C@@H](OC3CCN(C(=O)OC(C)(C)C)CC3)CN2C)cc1C(=O)OC. The minimum atomic E-state index is -0.727. The Hall–Kier alpha value is -2.98. The van der Waals surface area contributed by atoms with Gasteiger partial charge in [0.15, 0.2) is 6.79 Å². The molecule has 0 aliphatic carbocycles. The van der Waals surface area contributed by atoms with Gasteiger partial charge in [0.05, 0.1) is 29.7 Å². The summed E-state index contributed by atoms with van der Waals surface area (Å²) < 4.78 is 27.0. The van der Waals surface area contributed by atoms with Crippen molar-refractivity contribution in [2.24, 2.45) is 0 Å².